The number of halogens is 1. The van der Waals surface area contributed by atoms with Crippen molar-refractivity contribution in [3.05, 3.63) is 17.4 Å². The van der Waals surface area contributed by atoms with Crippen molar-refractivity contribution in [3.63, 3.8) is 0 Å². The third-order valence-electron chi connectivity index (χ3n) is 1.90. The molecule has 3 nitrogen and oxygen atoms in total. The van der Waals surface area contributed by atoms with E-state index in [4.69, 9.17) is 11.6 Å². The van der Waals surface area contributed by atoms with Crippen LogP contribution in [0.3, 0.4) is 0 Å². The van der Waals surface area contributed by atoms with Gasteiger partial charge in [0.25, 0.3) is 0 Å². The average Bonchev–Trinajstić information content (AvgIpc) is 2.50. The average molecular weight is 216 g/mol. The van der Waals surface area contributed by atoms with E-state index in [1.54, 1.807) is 6.20 Å². The van der Waals surface area contributed by atoms with Crippen LogP contribution < -0.4 is 5.32 Å². The first kappa shape index (κ1) is 11.5. The van der Waals surface area contributed by atoms with Crippen LogP contribution in [0.5, 0.6) is 0 Å². The Morgan fingerprint density at radius 2 is 2.36 bits per heavy atom. The van der Waals surface area contributed by atoms with Crippen molar-refractivity contribution in [1.29, 1.82) is 0 Å². The maximum Gasteiger partial charge on any atom is 0.0785 e. The Morgan fingerprint density at radius 3 is 2.93 bits per heavy atom. The standard InChI is InChI=1S/C10H18ClN3/c1-9(2)6-12-4-3-5-14-8-10(11)7-13-14/h7-9,12H,3-6H2,1-2H3. The van der Waals surface area contributed by atoms with Gasteiger partial charge in [0.2, 0.25) is 0 Å². The number of aryl methyl sites for hydroxylation is 1. The van der Waals surface area contributed by atoms with Crippen molar-refractivity contribution in [2.24, 2.45) is 5.92 Å². The molecule has 0 atom stereocenters. The fourth-order valence-corrected chi connectivity index (χ4v) is 1.37. The topological polar surface area (TPSA) is 29.9 Å². The van der Waals surface area contributed by atoms with Crippen molar-refractivity contribution in [2.45, 2.75) is 26.8 Å². The lowest BCUT2D eigenvalue weighted by Gasteiger charge is -2.06. The number of hydrogen-bond acceptors (Lipinski definition) is 2. The lowest BCUT2D eigenvalue weighted by molar-refractivity contribution is 0.506. The van der Waals surface area contributed by atoms with Gasteiger partial charge in [0, 0.05) is 12.7 Å². The van der Waals surface area contributed by atoms with E-state index in [9.17, 15) is 0 Å². The summed E-state index contributed by atoms with van der Waals surface area (Å²) in [6.07, 6.45) is 4.61. The molecule has 1 aromatic heterocycles. The van der Waals surface area contributed by atoms with Crippen molar-refractivity contribution in [2.75, 3.05) is 13.1 Å². The highest BCUT2D eigenvalue weighted by molar-refractivity contribution is 6.30. The number of hydrogen-bond donors (Lipinski definition) is 1. The van der Waals surface area contributed by atoms with Crippen LogP contribution in [0.4, 0.5) is 0 Å². The molecule has 0 aliphatic heterocycles. The van der Waals surface area contributed by atoms with Crippen LogP contribution in [0, 0.1) is 5.92 Å². The van der Waals surface area contributed by atoms with E-state index in [1.165, 1.54) is 0 Å². The summed E-state index contributed by atoms with van der Waals surface area (Å²) in [7, 11) is 0. The summed E-state index contributed by atoms with van der Waals surface area (Å²) in [6.45, 7) is 7.47. The minimum atomic E-state index is 0.708. The van der Waals surface area contributed by atoms with Crippen LogP contribution in [-0.2, 0) is 6.54 Å². The highest BCUT2D eigenvalue weighted by Gasteiger charge is 1.95. The molecule has 0 radical (unpaired) electrons. The molecule has 80 valence electrons. The molecule has 0 unspecified atom stereocenters. The zero-order valence-corrected chi connectivity index (χ0v) is 9.59. The molecule has 0 spiro atoms. The van der Waals surface area contributed by atoms with Crippen molar-refractivity contribution >= 4 is 11.6 Å². The van der Waals surface area contributed by atoms with Crippen molar-refractivity contribution in [1.82, 2.24) is 15.1 Å². The van der Waals surface area contributed by atoms with E-state index in [0.717, 1.165) is 26.1 Å². The second-order valence-electron chi connectivity index (χ2n) is 3.87. The number of aromatic nitrogens is 2. The van der Waals surface area contributed by atoms with Gasteiger partial charge < -0.3 is 5.32 Å². The number of nitrogens with zero attached hydrogens (tertiary/aromatic N) is 2. The third kappa shape index (κ3) is 4.63. The summed E-state index contributed by atoms with van der Waals surface area (Å²) in [4.78, 5) is 0. The van der Waals surface area contributed by atoms with Crippen LogP contribution in [0.15, 0.2) is 12.4 Å². The third-order valence-corrected chi connectivity index (χ3v) is 2.09. The summed E-state index contributed by atoms with van der Waals surface area (Å²) in [6, 6.07) is 0. The molecule has 14 heavy (non-hydrogen) atoms. The Bertz CT molecular complexity index is 258. The minimum absolute atomic E-state index is 0.708. The molecule has 0 bridgehead atoms. The quantitative estimate of drug-likeness (QED) is 0.738. The first-order chi connectivity index (χ1) is 6.68. The minimum Gasteiger partial charge on any atom is -0.316 e. The van der Waals surface area contributed by atoms with Gasteiger partial charge in [0.1, 0.15) is 0 Å². The van der Waals surface area contributed by atoms with E-state index >= 15 is 0 Å². The van der Waals surface area contributed by atoms with Crippen LogP contribution in [0.1, 0.15) is 20.3 Å². The number of rotatable bonds is 6. The van der Waals surface area contributed by atoms with Gasteiger partial charge in [0.05, 0.1) is 11.2 Å². The molecule has 0 aliphatic rings. The smallest absolute Gasteiger partial charge is 0.0785 e. The Kier molecular flexibility index (Phi) is 4.98. The van der Waals surface area contributed by atoms with Crippen LogP contribution in [0.25, 0.3) is 0 Å². The monoisotopic (exact) mass is 215 g/mol. The van der Waals surface area contributed by atoms with Crippen molar-refractivity contribution in [3.8, 4) is 0 Å². The summed E-state index contributed by atoms with van der Waals surface area (Å²) in [5.41, 5.74) is 0. The Morgan fingerprint density at radius 1 is 1.57 bits per heavy atom. The second kappa shape index (κ2) is 6.04. The molecule has 0 saturated heterocycles. The SMILES string of the molecule is CC(C)CNCCCn1cc(Cl)cn1. The van der Waals surface area contributed by atoms with Gasteiger partial charge in [-0.05, 0) is 25.4 Å². The summed E-state index contributed by atoms with van der Waals surface area (Å²) in [5.74, 6) is 0.717. The van der Waals surface area contributed by atoms with E-state index < -0.39 is 0 Å². The van der Waals surface area contributed by atoms with Gasteiger partial charge in [-0.1, -0.05) is 25.4 Å². The van der Waals surface area contributed by atoms with E-state index in [2.05, 4.69) is 24.3 Å². The maximum atomic E-state index is 5.74. The predicted octanol–water partition coefficient (Wildman–Crippen LogP) is 2.17. The largest absolute Gasteiger partial charge is 0.316 e. The van der Waals surface area contributed by atoms with Crippen molar-refractivity contribution < 1.29 is 0 Å². The zero-order valence-electron chi connectivity index (χ0n) is 8.83. The van der Waals surface area contributed by atoms with Gasteiger partial charge in [-0.15, -0.1) is 0 Å². The molecule has 0 amide bonds. The Balaban J connectivity index is 2.04. The maximum absolute atomic E-state index is 5.74. The first-order valence-corrected chi connectivity index (χ1v) is 5.45. The Labute approximate surface area is 90.4 Å². The molecular formula is C10H18ClN3. The predicted molar refractivity (Wildman–Crippen MR) is 59.6 cm³/mol. The molecule has 1 aromatic rings. The lowest BCUT2D eigenvalue weighted by Crippen LogP contribution is -2.21. The van der Waals surface area contributed by atoms with Crippen LogP contribution >= 0.6 is 11.6 Å². The second-order valence-corrected chi connectivity index (χ2v) is 4.31. The molecule has 0 fully saturated rings. The van der Waals surface area contributed by atoms with Crippen LogP contribution in [0.2, 0.25) is 5.02 Å². The zero-order chi connectivity index (χ0) is 10.4. The molecule has 1 heterocycles. The molecule has 1 rings (SSSR count). The lowest BCUT2D eigenvalue weighted by atomic mass is 10.2. The Hall–Kier alpha value is -0.540. The molecule has 0 aliphatic carbocycles. The van der Waals surface area contributed by atoms with Gasteiger partial charge in [-0.2, -0.15) is 5.10 Å². The van der Waals surface area contributed by atoms with Gasteiger partial charge in [-0.25, -0.2) is 0 Å². The number of nitrogens with one attached hydrogen (secondary N) is 1. The molecule has 0 aromatic carbocycles. The van der Waals surface area contributed by atoms with E-state index in [1.807, 2.05) is 10.9 Å². The highest BCUT2D eigenvalue weighted by atomic mass is 35.5. The van der Waals surface area contributed by atoms with Gasteiger partial charge in [-0.3, -0.25) is 4.68 Å². The van der Waals surface area contributed by atoms with E-state index in [0.29, 0.717) is 10.9 Å². The summed E-state index contributed by atoms with van der Waals surface area (Å²) < 4.78 is 1.87. The summed E-state index contributed by atoms with van der Waals surface area (Å²) >= 11 is 5.74. The first-order valence-electron chi connectivity index (χ1n) is 5.07. The fourth-order valence-electron chi connectivity index (χ4n) is 1.22. The molecule has 0 saturated carbocycles. The van der Waals surface area contributed by atoms with Gasteiger partial charge in [0.15, 0.2) is 0 Å². The van der Waals surface area contributed by atoms with Crippen LogP contribution in [-0.4, -0.2) is 22.9 Å². The molecule has 1 N–H and O–H groups in total. The van der Waals surface area contributed by atoms with E-state index in [-0.39, 0.29) is 0 Å². The molecule has 4 heteroatoms. The highest BCUT2D eigenvalue weighted by Crippen LogP contribution is 2.04. The fraction of sp³-hybridized carbons (Fsp3) is 0.700. The normalized spacial score (nSPS) is 11.1. The summed E-state index contributed by atoms with van der Waals surface area (Å²) in [5, 5.41) is 8.20. The molecular weight excluding hydrogens is 198 g/mol. The van der Waals surface area contributed by atoms with Gasteiger partial charge >= 0.3 is 0 Å².